The van der Waals surface area contributed by atoms with Gasteiger partial charge in [-0.25, -0.2) is 14.8 Å². The van der Waals surface area contributed by atoms with E-state index in [2.05, 4.69) is 15.0 Å². The smallest absolute Gasteiger partial charge is 0.365 e. The summed E-state index contributed by atoms with van der Waals surface area (Å²) < 4.78 is 0. The topological polar surface area (TPSA) is 95.9 Å². The third-order valence-corrected chi connectivity index (χ3v) is 3.73. The molecule has 0 aliphatic rings. The third kappa shape index (κ3) is 3.17. The largest absolute Gasteiger partial charge is 0.476 e. The highest BCUT2D eigenvalue weighted by Crippen LogP contribution is 2.20. The maximum atomic E-state index is 11.2. The van der Waals surface area contributed by atoms with Crippen molar-refractivity contribution in [2.45, 2.75) is 17.8 Å². The normalized spacial score (nSPS) is 10.5. The maximum absolute atomic E-state index is 11.2. The Morgan fingerprint density at radius 3 is 2.94 bits per heavy atom. The van der Waals surface area contributed by atoms with E-state index in [0.29, 0.717) is 22.3 Å². The van der Waals surface area contributed by atoms with Crippen LogP contribution in [-0.2, 0) is 5.75 Å². The molecule has 0 aromatic carbocycles. The number of thiazole rings is 1. The van der Waals surface area contributed by atoms with Gasteiger partial charge >= 0.3 is 5.97 Å². The number of aromatic amines is 1. The summed E-state index contributed by atoms with van der Waals surface area (Å²) in [6.45, 7) is 1.74. The molecule has 0 spiro atoms. The van der Waals surface area contributed by atoms with Gasteiger partial charge in [-0.2, -0.15) is 0 Å². The Morgan fingerprint density at radius 2 is 2.33 bits per heavy atom. The van der Waals surface area contributed by atoms with Crippen LogP contribution in [0.25, 0.3) is 0 Å². The molecule has 0 radical (unpaired) electrons. The SMILES string of the molecule is Cc1cc(=O)[nH]c(SCc2csc(C(=O)O)n2)n1. The number of nitrogens with one attached hydrogen (secondary N) is 1. The molecule has 2 rings (SSSR count). The van der Waals surface area contributed by atoms with Crippen molar-refractivity contribution >= 4 is 29.1 Å². The van der Waals surface area contributed by atoms with Crippen molar-refractivity contribution in [1.82, 2.24) is 15.0 Å². The minimum absolute atomic E-state index is 0.0660. The van der Waals surface area contributed by atoms with Crippen molar-refractivity contribution < 1.29 is 9.90 Å². The van der Waals surface area contributed by atoms with E-state index in [0.717, 1.165) is 11.3 Å². The van der Waals surface area contributed by atoms with E-state index in [4.69, 9.17) is 5.11 Å². The average molecular weight is 283 g/mol. The van der Waals surface area contributed by atoms with Gasteiger partial charge in [0.1, 0.15) is 0 Å². The molecule has 0 aliphatic carbocycles. The van der Waals surface area contributed by atoms with E-state index >= 15 is 0 Å². The lowest BCUT2D eigenvalue weighted by Crippen LogP contribution is -2.08. The molecule has 0 aliphatic heterocycles. The summed E-state index contributed by atoms with van der Waals surface area (Å²) in [4.78, 5) is 32.6. The molecule has 0 unspecified atom stereocenters. The number of H-pyrrole nitrogens is 1. The van der Waals surface area contributed by atoms with Crippen molar-refractivity contribution in [3.8, 4) is 0 Å². The van der Waals surface area contributed by atoms with Crippen LogP contribution in [0, 0.1) is 6.92 Å². The summed E-state index contributed by atoms with van der Waals surface area (Å²) in [6.07, 6.45) is 0. The zero-order valence-corrected chi connectivity index (χ0v) is 11.0. The van der Waals surface area contributed by atoms with E-state index in [1.807, 2.05) is 0 Å². The molecule has 0 saturated carbocycles. The quantitative estimate of drug-likeness (QED) is 0.652. The minimum Gasteiger partial charge on any atom is -0.476 e. The standard InChI is InChI=1S/C10H9N3O3S2/c1-5-2-7(14)13-10(11-5)18-4-6-3-17-8(12-6)9(15)16/h2-3H,4H2,1H3,(H,15,16)(H,11,13,14). The van der Waals surface area contributed by atoms with Gasteiger partial charge in [-0.15, -0.1) is 11.3 Å². The Hall–Kier alpha value is -1.67. The molecule has 2 aromatic heterocycles. The Kier molecular flexibility index (Phi) is 3.78. The number of aromatic carboxylic acids is 1. The summed E-state index contributed by atoms with van der Waals surface area (Å²) >= 11 is 2.39. The number of rotatable bonds is 4. The van der Waals surface area contributed by atoms with Gasteiger partial charge < -0.3 is 10.1 Å². The molecule has 0 saturated heterocycles. The molecule has 0 bridgehead atoms. The number of carboxylic acids is 1. The monoisotopic (exact) mass is 283 g/mol. The lowest BCUT2D eigenvalue weighted by atomic mass is 10.5. The minimum atomic E-state index is -1.03. The first-order valence-electron chi connectivity index (χ1n) is 4.93. The molecule has 0 amide bonds. The first kappa shape index (κ1) is 12.8. The van der Waals surface area contributed by atoms with Gasteiger partial charge in [0, 0.05) is 22.9 Å². The second-order valence-corrected chi connectivity index (χ2v) is 5.25. The van der Waals surface area contributed by atoms with Crippen molar-refractivity contribution in [3.63, 3.8) is 0 Å². The van der Waals surface area contributed by atoms with Crippen LogP contribution in [0.4, 0.5) is 0 Å². The molecule has 18 heavy (non-hydrogen) atoms. The summed E-state index contributed by atoms with van der Waals surface area (Å²) in [6, 6.07) is 1.41. The van der Waals surface area contributed by atoms with Gasteiger partial charge in [0.05, 0.1) is 5.69 Å². The van der Waals surface area contributed by atoms with Gasteiger partial charge in [-0.3, -0.25) is 4.79 Å². The van der Waals surface area contributed by atoms with Crippen LogP contribution in [0.15, 0.2) is 21.4 Å². The van der Waals surface area contributed by atoms with E-state index in [9.17, 15) is 9.59 Å². The zero-order chi connectivity index (χ0) is 13.1. The first-order valence-corrected chi connectivity index (χ1v) is 6.79. The van der Waals surface area contributed by atoms with E-state index in [1.165, 1.54) is 17.8 Å². The molecule has 6 nitrogen and oxygen atoms in total. The molecule has 94 valence electrons. The van der Waals surface area contributed by atoms with Crippen LogP contribution < -0.4 is 5.56 Å². The molecule has 0 atom stereocenters. The van der Waals surface area contributed by atoms with E-state index < -0.39 is 5.97 Å². The van der Waals surface area contributed by atoms with Crippen molar-refractivity contribution in [2.75, 3.05) is 0 Å². The Labute approximate surface area is 110 Å². The lowest BCUT2D eigenvalue weighted by Gasteiger charge is -1.99. The summed E-state index contributed by atoms with van der Waals surface area (Å²) in [5.41, 5.74) is 1.10. The Bertz CT molecular complexity index is 635. The van der Waals surface area contributed by atoms with Crippen molar-refractivity contribution in [3.05, 3.63) is 38.2 Å². The van der Waals surface area contributed by atoms with Crippen LogP contribution in [0.5, 0.6) is 0 Å². The highest BCUT2D eigenvalue weighted by molar-refractivity contribution is 7.98. The fourth-order valence-corrected chi connectivity index (χ4v) is 2.81. The fraction of sp³-hybridized carbons (Fsp3) is 0.200. The highest BCUT2D eigenvalue weighted by Gasteiger charge is 2.09. The Balaban J connectivity index is 2.06. The molecule has 2 N–H and O–H groups in total. The van der Waals surface area contributed by atoms with Gasteiger partial charge in [-0.05, 0) is 6.92 Å². The number of aryl methyl sites for hydroxylation is 1. The van der Waals surface area contributed by atoms with Crippen molar-refractivity contribution in [1.29, 1.82) is 0 Å². The molecule has 2 aromatic rings. The molecule has 0 fully saturated rings. The average Bonchev–Trinajstić information content (AvgIpc) is 2.73. The predicted octanol–water partition coefficient (Wildman–Crippen LogP) is 1.53. The zero-order valence-electron chi connectivity index (χ0n) is 9.34. The highest BCUT2D eigenvalue weighted by atomic mass is 32.2. The maximum Gasteiger partial charge on any atom is 0.365 e. The number of thioether (sulfide) groups is 1. The lowest BCUT2D eigenvalue weighted by molar-refractivity contribution is 0.0696. The van der Waals surface area contributed by atoms with Crippen LogP contribution in [0.1, 0.15) is 21.2 Å². The molecular formula is C10H9N3O3S2. The third-order valence-electron chi connectivity index (χ3n) is 1.94. The number of carboxylic acid groups (broad SMARTS) is 1. The van der Waals surface area contributed by atoms with Crippen LogP contribution in [0.2, 0.25) is 0 Å². The first-order chi connectivity index (χ1) is 8.54. The van der Waals surface area contributed by atoms with Crippen LogP contribution in [-0.4, -0.2) is 26.0 Å². The second-order valence-electron chi connectivity index (χ2n) is 3.43. The summed E-state index contributed by atoms with van der Waals surface area (Å²) in [5.74, 6) is -0.561. The Morgan fingerprint density at radius 1 is 1.56 bits per heavy atom. The van der Waals surface area contributed by atoms with Crippen LogP contribution in [0.3, 0.4) is 0 Å². The summed E-state index contributed by atoms with van der Waals surface area (Å²) in [5, 5.41) is 11.0. The fourth-order valence-electron chi connectivity index (χ4n) is 1.23. The van der Waals surface area contributed by atoms with E-state index in [1.54, 1.807) is 12.3 Å². The van der Waals surface area contributed by atoms with Gasteiger partial charge in [0.15, 0.2) is 5.16 Å². The van der Waals surface area contributed by atoms with Gasteiger partial charge in [0.25, 0.3) is 5.56 Å². The number of hydrogen-bond acceptors (Lipinski definition) is 6. The van der Waals surface area contributed by atoms with E-state index in [-0.39, 0.29) is 10.6 Å². The number of carbonyl (C=O) groups is 1. The molecular weight excluding hydrogens is 274 g/mol. The van der Waals surface area contributed by atoms with Gasteiger partial charge in [-0.1, -0.05) is 11.8 Å². The second kappa shape index (κ2) is 5.32. The molecule has 2 heterocycles. The van der Waals surface area contributed by atoms with Crippen molar-refractivity contribution in [2.24, 2.45) is 0 Å². The van der Waals surface area contributed by atoms with Gasteiger partial charge in [0.2, 0.25) is 5.01 Å². The van der Waals surface area contributed by atoms with Crippen LogP contribution >= 0.6 is 23.1 Å². The summed E-state index contributed by atoms with van der Waals surface area (Å²) in [7, 11) is 0. The number of aromatic nitrogens is 3. The molecule has 8 heteroatoms. The number of hydrogen-bond donors (Lipinski definition) is 2. The predicted molar refractivity (Wildman–Crippen MR) is 68.2 cm³/mol. The number of nitrogens with zero attached hydrogens (tertiary/aromatic N) is 2.